The maximum Gasteiger partial charge on any atom is 0.00789 e. The second-order valence-electron chi connectivity index (χ2n) is 6.28. The van der Waals surface area contributed by atoms with Gasteiger partial charge in [-0.15, -0.1) is 0 Å². The highest BCUT2D eigenvalue weighted by molar-refractivity contribution is 5.40. The Labute approximate surface area is 121 Å². The van der Waals surface area contributed by atoms with Crippen molar-refractivity contribution in [2.24, 2.45) is 0 Å². The van der Waals surface area contributed by atoms with E-state index in [4.69, 9.17) is 0 Å². The summed E-state index contributed by atoms with van der Waals surface area (Å²) in [4.78, 5) is 0. The molecule has 0 saturated heterocycles. The number of hydrogen-bond donors (Lipinski definition) is 1. The Morgan fingerprint density at radius 2 is 1.65 bits per heavy atom. The molecule has 1 N–H and O–H groups in total. The fraction of sp³-hybridized carbons (Fsp3) is 0.368. The van der Waals surface area contributed by atoms with Crippen molar-refractivity contribution in [3.05, 3.63) is 71.3 Å². The molecule has 2 aromatic carbocycles. The maximum atomic E-state index is 3.76. The normalized spacial score (nSPS) is 27.3. The molecule has 1 fully saturated rings. The van der Waals surface area contributed by atoms with E-state index in [0.29, 0.717) is 0 Å². The van der Waals surface area contributed by atoms with E-state index in [0.717, 1.165) is 24.4 Å². The van der Waals surface area contributed by atoms with E-state index >= 15 is 0 Å². The summed E-state index contributed by atoms with van der Waals surface area (Å²) in [5.41, 5.74) is 4.63. The number of fused-ring (bicyclic) bond motifs is 1. The van der Waals surface area contributed by atoms with Gasteiger partial charge in [-0.05, 0) is 41.9 Å². The molecule has 1 heteroatoms. The second-order valence-corrected chi connectivity index (χ2v) is 6.28. The SMILES string of the molecule is c1ccc(C2CC(NCC3Cc4ccccc43)C2)cc1. The molecule has 0 spiro atoms. The Bertz CT molecular complexity index is 584. The number of nitrogens with one attached hydrogen (secondary N) is 1. The summed E-state index contributed by atoms with van der Waals surface area (Å²) in [5.74, 6) is 1.53. The Morgan fingerprint density at radius 1 is 0.900 bits per heavy atom. The zero-order valence-corrected chi connectivity index (χ0v) is 11.8. The van der Waals surface area contributed by atoms with Gasteiger partial charge in [0.1, 0.15) is 0 Å². The summed E-state index contributed by atoms with van der Waals surface area (Å²) in [6.45, 7) is 1.16. The minimum Gasteiger partial charge on any atom is -0.313 e. The third-order valence-electron chi connectivity index (χ3n) is 5.02. The fourth-order valence-corrected chi connectivity index (χ4v) is 3.64. The molecule has 1 unspecified atom stereocenters. The van der Waals surface area contributed by atoms with Crippen molar-refractivity contribution < 1.29 is 0 Å². The zero-order chi connectivity index (χ0) is 13.4. The minimum atomic E-state index is 0.730. The van der Waals surface area contributed by atoms with Crippen LogP contribution in [0.3, 0.4) is 0 Å². The first-order valence-corrected chi connectivity index (χ1v) is 7.76. The fourth-order valence-electron chi connectivity index (χ4n) is 3.64. The van der Waals surface area contributed by atoms with Crippen LogP contribution in [0.1, 0.15) is 41.4 Å². The van der Waals surface area contributed by atoms with E-state index in [-0.39, 0.29) is 0 Å². The van der Waals surface area contributed by atoms with Crippen molar-refractivity contribution in [2.75, 3.05) is 6.54 Å². The van der Waals surface area contributed by atoms with E-state index < -0.39 is 0 Å². The van der Waals surface area contributed by atoms with Gasteiger partial charge >= 0.3 is 0 Å². The molecule has 0 heterocycles. The molecule has 1 atom stereocenters. The van der Waals surface area contributed by atoms with Crippen LogP contribution in [0.4, 0.5) is 0 Å². The van der Waals surface area contributed by atoms with E-state index in [9.17, 15) is 0 Å². The van der Waals surface area contributed by atoms with Crippen LogP contribution >= 0.6 is 0 Å². The topological polar surface area (TPSA) is 12.0 Å². The zero-order valence-electron chi connectivity index (χ0n) is 11.8. The molecular formula is C19H21N. The first-order valence-electron chi connectivity index (χ1n) is 7.76. The van der Waals surface area contributed by atoms with Crippen LogP contribution in [0, 0.1) is 0 Å². The van der Waals surface area contributed by atoms with Crippen LogP contribution < -0.4 is 5.32 Å². The molecule has 0 amide bonds. The monoisotopic (exact) mass is 263 g/mol. The third-order valence-corrected chi connectivity index (χ3v) is 5.02. The molecule has 0 aromatic heterocycles. The lowest BCUT2D eigenvalue weighted by atomic mass is 9.74. The van der Waals surface area contributed by atoms with E-state index in [1.54, 1.807) is 11.1 Å². The Hall–Kier alpha value is -1.60. The molecule has 1 saturated carbocycles. The summed E-state index contributed by atoms with van der Waals surface area (Å²) in [6.07, 6.45) is 3.87. The first kappa shape index (κ1) is 12.2. The van der Waals surface area contributed by atoms with Gasteiger partial charge in [-0.25, -0.2) is 0 Å². The molecule has 4 rings (SSSR count). The van der Waals surface area contributed by atoms with Crippen LogP contribution in [-0.4, -0.2) is 12.6 Å². The smallest absolute Gasteiger partial charge is 0.00789 e. The van der Waals surface area contributed by atoms with Crippen molar-refractivity contribution in [3.63, 3.8) is 0 Å². The highest BCUT2D eigenvalue weighted by Gasteiger charge is 2.32. The summed E-state index contributed by atoms with van der Waals surface area (Å²) >= 11 is 0. The Balaban J connectivity index is 1.26. The molecule has 1 nitrogen and oxygen atoms in total. The first-order chi connectivity index (χ1) is 9.90. The highest BCUT2D eigenvalue weighted by Crippen LogP contribution is 2.38. The lowest BCUT2D eigenvalue weighted by Gasteiger charge is -2.39. The Kier molecular flexibility index (Phi) is 3.08. The molecule has 2 aromatic rings. The lowest BCUT2D eigenvalue weighted by molar-refractivity contribution is 0.283. The average molecular weight is 263 g/mol. The van der Waals surface area contributed by atoms with Crippen molar-refractivity contribution in [1.82, 2.24) is 5.32 Å². The highest BCUT2D eigenvalue weighted by atomic mass is 14.9. The summed E-state index contributed by atoms with van der Waals surface area (Å²) in [6, 6.07) is 20.5. The number of rotatable bonds is 4. The lowest BCUT2D eigenvalue weighted by Crippen LogP contribution is -2.43. The van der Waals surface area contributed by atoms with Gasteiger partial charge in [0.2, 0.25) is 0 Å². The van der Waals surface area contributed by atoms with E-state index in [1.165, 1.54) is 24.8 Å². The van der Waals surface area contributed by atoms with Crippen molar-refractivity contribution in [1.29, 1.82) is 0 Å². The molecular weight excluding hydrogens is 242 g/mol. The van der Waals surface area contributed by atoms with Crippen molar-refractivity contribution >= 4 is 0 Å². The summed E-state index contributed by atoms with van der Waals surface area (Å²) < 4.78 is 0. The van der Waals surface area contributed by atoms with E-state index in [2.05, 4.69) is 59.9 Å². The van der Waals surface area contributed by atoms with Crippen LogP contribution in [-0.2, 0) is 6.42 Å². The molecule has 2 aliphatic rings. The predicted octanol–water partition coefficient (Wildman–Crippen LogP) is 3.86. The quantitative estimate of drug-likeness (QED) is 0.883. The maximum absolute atomic E-state index is 3.76. The van der Waals surface area contributed by atoms with Crippen LogP contribution in [0.2, 0.25) is 0 Å². The van der Waals surface area contributed by atoms with Gasteiger partial charge in [-0.1, -0.05) is 54.6 Å². The minimum absolute atomic E-state index is 0.730. The van der Waals surface area contributed by atoms with Gasteiger partial charge in [-0.2, -0.15) is 0 Å². The van der Waals surface area contributed by atoms with Crippen molar-refractivity contribution in [3.8, 4) is 0 Å². The molecule has 0 aliphatic heterocycles. The molecule has 0 bridgehead atoms. The average Bonchev–Trinajstić information content (AvgIpc) is 2.43. The Morgan fingerprint density at radius 3 is 2.45 bits per heavy atom. The van der Waals surface area contributed by atoms with Crippen molar-refractivity contribution in [2.45, 2.75) is 37.1 Å². The summed E-state index contributed by atoms with van der Waals surface area (Å²) in [5, 5.41) is 3.76. The van der Waals surface area contributed by atoms with Crippen LogP contribution in [0.25, 0.3) is 0 Å². The largest absolute Gasteiger partial charge is 0.313 e. The van der Waals surface area contributed by atoms with Crippen LogP contribution in [0.15, 0.2) is 54.6 Å². The molecule has 102 valence electrons. The number of benzene rings is 2. The van der Waals surface area contributed by atoms with Gasteiger partial charge in [-0.3, -0.25) is 0 Å². The van der Waals surface area contributed by atoms with E-state index in [1.807, 2.05) is 0 Å². The predicted molar refractivity (Wildman–Crippen MR) is 83.1 cm³/mol. The third kappa shape index (κ3) is 2.16. The second kappa shape index (κ2) is 5.06. The molecule has 0 radical (unpaired) electrons. The number of hydrogen-bond acceptors (Lipinski definition) is 1. The van der Waals surface area contributed by atoms with Gasteiger partial charge < -0.3 is 5.32 Å². The standard InChI is InChI=1S/C19H21N/c1-2-6-14(7-3-1)16-11-18(12-16)20-13-17-10-15-8-4-5-9-19(15)17/h1-9,16-18,20H,10-13H2. The van der Waals surface area contributed by atoms with Gasteiger partial charge in [0.15, 0.2) is 0 Å². The van der Waals surface area contributed by atoms with Crippen LogP contribution in [0.5, 0.6) is 0 Å². The molecule has 2 aliphatic carbocycles. The summed E-state index contributed by atoms with van der Waals surface area (Å²) in [7, 11) is 0. The van der Waals surface area contributed by atoms with Gasteiger partial charge in [0.05, 0.1) is 0 Å². The van der Waals surface area contributed by atoms with Gasteiger partial charge in [0, 0.05) is 18.5 Å². The van der Waals surface area contributed by atoms with Gasteiger partial charge in [0.25, 0.3) is 0 Å². The molecule has 20 heavy (non-hydrogen) atoms.